The topological polar surface area (TPSA) is 27.8 Å². The van der Waals surface area contributed by atoms with Gasteiger partial charge in [-0.2, -0.15) is 0 Å². The number of para-hydroxylation sites is 1. The molecule has 14 heavy (non-hydrogen) atoms. The van der Waals surface area contributed by atoms with Gasteiger partial charge in [0, 0.05) is 22.1 Å². The van der Waals surface area contributed by atoms with Crippen molar-refractivity contribution in [2.24, 2.45) is 0 Å². The highest BCUT2D eigenvalue weighted by molar-refractivity contribution is 9.10. The molecule has 0 saturated carbocycles. The Morgan fingerprint density at radius 2 is 2.29 bits per heavy atom. The van der Waals surface area contributed by atoms with Gasteiger partial charge in [-0.25, -0.2) is 0 Å². The molecule has 1 aromatic carbocycles. The number of nitrogens with one attached hydrogen (secondary N) is 2. The van der Waals surface area contributed by atoms with Crippen LogP contribution in [0.1, 0.15) is 5.69 Å². The molecule has 0 aliphatic heterocycles. The lowest BCUT2D eigenvalue weighted by molar-refractivity contribution is 0.796. The van der Waals surface area contributed by atoms with E-state index in [-0.39, 0.29) is 0 Å². The van der Waals surface area contributed by atoms with Gasteiger partial charge in [-0.15, -0.1) is 0 Å². The molecule has 0 amide bonds. The van der Waals surface area contributed by atoms with Crippen molar-refractivity contribution in [3.63, 3.8) is 0 Å². The van der Waals surface area contributed by atoms with E-state index < -0.39 is 0 Å². The van der Waals surface area contributed by atoms with Crippen LogP contribution < -0.4 is 5.32 Å². The Morgan fingerprint density at radius 3 is 2.93 bits per heavy atom. The molecular weight excluding hydrogens is 263 g/mol. The number of aromatic amines is 1. The van der Waals surface area contributed by atoms with Crippen LogP contribution >= 0.6 is 27.5 Å². The summed E-state index contributed by atoms with van der Waals surface area (Å²) in [5.41, 5.74) is 2.11. The Labute approximate surface area is 95.8 Å². The fourth-order valence-electron chi connectivity index (χ4n) is 1.50. The second kappa shape index (κ2) is 3.93. The van der Waals surface area contributed by atoms with Crippen molar-refractivity contribution in [1.29, 1.82) is 0 Å². The van der Waals surface area contributed by atoms with Crippen molar-refractivity contribution >= 4 is 38.4 Å². The van der Waals surface area contributed by atoms with E-state index in [2.05, 4.69) is 26.2 Å². The smallest absolute Gasteiger partial charge is 0.0657 e. The van der Waals surface area contributed by atoms with Gasteiger partial charge in [-0.3, -0.25) is 0 Å². The van der Waals surface area contributed by atoms with Crippen molar-refractivity contribution < 1.29 is 0 Å². The van der Waals surface area contributed by atoms with Crippen LogP contribution in [0.15, 0.2) is 22.7 Å². The number of hydrogen-bond donors (Lipinski definition) is 2. The van der Waals surface area contributed by atoms with Gasteiger partial charge in [0.2, 0.25) is 0 Å². The third-order valence-corrected chi connectivity index (χ3v) is 3.37. The minimum Gasteiger partial charge on any atom is -0.355 e. The first-order valence-electron chi connectivity index (χ1n) is 4.33. The summed E-state index contributed by atoms with van der Waals surface area (Å²) in [6.45, 7) is 0.797. The standard InChI is InChI=1S/C10H10BrClN2/c1-13-5-8-9(11)6-3-2-4-7(12)10(6)14-8/h2-4,13-14H,5H2,1H3. The average Bonchev–Trinajstić information content (AvgIpc) is 2.48. The molecule has 4 heteroatoms. The minimum atomic E-state index is 0.755. The van der Waals surface area contributed by atoms with Crippen LogP contribution in [0.2, 0.25) is 5.02 Å². The predicted molar refractivity (Wildman–Crippen MR) is 63.8 cm³/mol. The van der Waals surface area contributed by atoms with Gasteiger partial charge in [0.25, 0.3) is 0 Å². The van der Waals surface area contributed by atoms with Gasteiger partial charge >= 0.3 is 0 Å². The highest BCUT2D eigenvalue weighted by Crippen LogP contribution is 2.31. The van der Waals surface area contributed by atoms with Gasteiger partial charge in [-0.05, 0) is 29.0 Å². The van der Waals surface area contributed by atoms with Crippen molar-refractivity contribution in [1.82, 2.24) is 10.3 Å². The summed E-state index contributed by atoms with van der Waals surface area (Å²) in [5.74, 6) is 0. The molecule has 2 nitrogen and oxygen atoms in total. The Kier molecular flexibility index (Phi) is 2.81. The molecule has 0 radical (unpaired) electrons. The first-order valence-corrected chi connectivity index (χ1v) is 5.50. The van der Waals surface area contributed by atoms with Gasteiger partial charge in [0.15, 0.2) is 0 Å². The monoisotopic (exact) mass is 272 g/mol. The molecule has 0 saturated heterocycles. The average molecular weight is 274 g/mol. The fourth-order valence-corrected chi connectivity index (χ4v) is 2.29. The number of H-pyrrole nitrogens is 1. The Bertz CT molecular complexity index is 464. The van der Waals surface area contributed by atoms with Gasteiger partial charge in [-0.1, -0.05) is 23.7 Å². The molecule has 0 aliphatic carbocycles. The van der Waals surface area contributed by atoms with E-state index in [4.69, 9.17) is 11.6 Å². The summed E-state index contributed by atoms with van der Waals surface area (Å²) in [4.78, 5) is 3.29. The third-order valence-electron chi connectivity index (χ3n) is 2.14. The summed E-state index contributed by atoms with van der Waals surface area (Å²) < 4.78 is 1.09. The lowest BCUT2D eigenvalue weighted by atomic mass is 10.2. The van der Waals surface area contributed by atoms with E-state index >= 15 is 0 Å². The lowest BCUT2D eigenvalue weighted by Crippen LogP contribution is -2.05. The normalized spacial score (nSPS) is 11.1. The molecule has 0 bridgehead atoms. The quantitative estimate of drug-likeness (QED) is 0.863. The molecule has 2 rings (SSSR count). The maximum atomic E-state index is 6.07. The van der Waals surface area contributed by atoms with Crippen LogP contribution in [0.3, 0.4) is 0 Å². The maximum absolute atomic E-state index is 6.07. The van der Waals surface area contributed by atoms with E-state index in [9.17, 15) is 0 Å². The number of halogens is 2. The second-order valence-electron chi connectivity index (χ2n) is 3.11. The number of benzene rings is 1. The summed E-state index contributed by atoms with van der Waals surface area (Å²) in [7, 11) is 1.92. The summed E-state index contributed by atoms with van der Waals surface area (Å²) in [6.07, 6.45) is 0. The van der Waals surface area contributed by atoms with Crippen LogP contribution in [0.5, 0.6) is 0 Å². The van der Waals surface area contributed by atoms with Crippen LogP contribution in [0.25, 0.3) is 10.9 Å². The first-order chi connectivity index (χ1) is 6.74. The van der Waals surface area contributed by atoms with E-state index in [1.165, 1.54) is 0 Å². The summed E-state index contributed by atoms with van der Waals surface area (Å²) >= 11 is 9.63. The van der Waals surface area contributed by atoms with Gasteiger partial charge in [0.05, 0.1) is 10.5 Å². The molecule has 74 valence electrons. The van der Waals surface area contributed by atoms with E-state index in [0.717, 1.165) is 32.6 Å². The maximum Gasteiger partial charge on any atom is 0.0657 e. The molecule has 2 aromatic rings. The van der Waals surface area contributed by atoms with Crippen molar-refractivity contribution in [2.75, 3.05) is 7.05 Å². The van der Waals surface area contributed by atoms with Crippen LogP contribution in [-0.2, 0) is 6.54 Å². The zero-order chi connectivity index (χ0) is 10.1. The molecule has 0 aliphatic rings. The highest BCUT2D eigenvalue weighted by Gasteiger charge is 2.09. The van der Waals surface area contributed by atoms with Crippen LogP contribution in [0.4, 0.5) is 0 Å². The van der Waals surface area contributed by atoms with Gasteiger partial charge < -0.3 is 10.3 Å². The molecular formula is C10H10BrClN2. The number of rotatable bonds is 2. The minimum absolute atomic E-state index is 0.755. The van der Waals surface area contributed by atoms with Gasteiger partial charge in [0.1, 0.15) is 0 Å². The molecule has 1 aromatic heterocycles. The largest absolute Gasteiger partial charge is 0.355 e. The zero-order valence-corrected chi connectivity index (χ0v) is 10.0. The number of hydrogen-bond acceptors (Lipinski definition) is 1. The van der Waals surface area contributed by atoms with Crippen molar-refractivity contribution in [3.8, 4) is 0 Å². The number of fused-ring (bicyclic) bond motifs is 1. The molecule has 0 spiro atoms. The molecule has 0 atom stereocenters. The highest BCUT2D eigenvalue weighted by atomic mass is 79.9. The number of aromatic nitrogens is 1. The Morgan fingerprint density at radius 1 is 1.50 bits per heavy atom. The molecule has 1 heterocycles. The van der Waals surface area contributed by atoms with E-state index in [0.29, 0.717) is 0 Å². The zero-order valence-electron chi connectivity index (χ0n) is 7.70. The lowest BCUT2D eigenvalue weighted by Gasteiger charge is -1.95. The molecule has 0 unspecified atom stereocenters. The first kappa shape index (κ1) is 10.0. The van der Waals surface area contributed by atoms with E-state index in [1.54, 1.807) is 0 Å². The second-order valence-corrected chi connectivity index (χ2v) is 4.31. The molecule has 0 fully saturated rings. The summed E-state index contributed by atoms with van der Waals surface area (Å²) in [6, 6.07) is 5.88. The Balaban J connectivity index is 2.67. The Hall–Kier alpha value is -0.510. The summed E-state index contributed by atoms with van der Waals surface area (Å²) in [5, 5.41) is 4.98. The SMILES string of the molecule is CNCc1[nH]c2c(Cl)cccc2c1Br. The molecule has 2 N–H and O–H groups in total. The third kappa shape index (κ3) is 1.56. The van der Waals surface area contributed by atoms with Crippen molar-refractivity contribution in [3.05, 3.63) is 33.4 Å². The van der Waals surface area contributed by atoms with E-state index in [1.807, 2.05) is 25.2 Å². The predicted octanol–water partition coefficient (Wildman–Crippen LogP) is 3.30. The van der Waals surface area contributed by atoms with Crippen LogP contribution in [0, 0.1) is 0 Å². The van der Waals surface area contributed by atoms with Crippen molar-refractivity contribution in [2.45, 2.75) is 6.54 Å². The van der Waals surface area contributed by atoms with Crippen LogP contribution in [-0.4, -0.2) is 12.0 Å². The fraction of sp³-hybridized carbons (Fsp3) is 0.200.